The maximum atomic E-state index is 5.43. The molecule has 9 aromatic carbocycles. The molecule has 56 heavy (non-hydrogen) atoms. The van der Waals surface area contributed by atoms with Crippen molar-refractivity contribution in [2.45, 2.75) is 5.41 Å². The standard InChI is InChI=1S/C53H32N2S/c1-3-14-35(15-4-1)53(36-16-5-2-6-17-36)46-30-33(37-23-13-24-45-42-20-11-12-25-49(42)56-52(37)45)26-28-40(46)41-29-27-34(31-47(41)53)48-32-54-50-43-21-9-7-18-38(43)39-19-8-10-22-44(39)51(50)55-48/h1-32H. The Hall–Kier alpha value is -6.94. The van der Waals surface area contributed by atoms with Crippen LogP contribution in [0.3, 0.4) is 0 Å². The molecule has 3 heteroatoms. The molecule has 11 aromatic rings. The van der Waals surface area contributed by atoms with Crippen molar-refractivity contribution in [3.8, 4) is 33.5 Å². The number of hydrogen-bond acceptors (Lipinski definition) is 3. The lowest BCUT2D eigenvalue weighted by molar-refractivity contribution is 0.769. The van der Waals surface area contributed by atoms with Crippen LogP contribution in [0.2, 0.25) is 0 Å². The Balaban J connectivity index is 1.12. The van der Waals surface area contributed by atoms with Gasteiger partial charge in [-0.25, -0.2) is 4.98 Å². The fraction of sp³-hybridized carbons (Fsp3) is 0.0189. The van der Waals surface area contributed by atoms with E-state index in [0.717, 1.165) is 33.1 Å². The SMILES string of the molecule is c1ccc(C2(c3ccccc3)c3cc(-c4cnc5c6ccccc6c6ccccc6c5n4)ccc3-c3ccc(-c4cccc5c4sc4ccccc45)cc32)cc1. The van der Waals surface area contributed by atoms with Gasteiger partial charge in [0.2, 0.25) is 0 Å². The summed E-state index contributed by atoms with van der Waals surface area (Å²) >= 11 is 1.88. The van der Waals surface area contributed by atoms with Gasteiger partial charge in [-0.1, -0.05) is 170 Å². The Labute approximate surface area is 328 Å². The molecule has 2 heterocycles. The molecular formula is C53H32N2S. The predicted molar refractivity (Wildman–Crippen MR) is 236 cm³/mol. The van der Waals surface area contributed by atoms with Crippen LogP contribution in [-0.4, -0.2) is 9.97 Å². The van der Waals surface area contributed by atoms with Gasteiger partial charge in [-0.15, -0.1) is 11.3 Å². The normalized spacial score (nSPS) is 13.1. The van der Waals surface area contributed by atoms with Crippen LogP contribution < -0.4 is 0 Å². The lowest BCUT2D eigenvalue weighted by atomic mass is 9.67. The Bertz CT molecular complexity index is 3290. The average Bonchev–Trinajstić information content (AvgIpc) is 3.80. The number of hydrogen-bond donors (Lipinski definition) is 0. The first-order chi connectivity index (χ1) is 27.8. The Morgan fingerprint density at radius 1 is 0.393 bits per heavy atom. The first-order valence-electron chi connectivity index (χ1n) is 19.1. The summed E-state index contributed by atoms with van der Waals surface area (Å²) in [5.74, 6) is 0. The van der Waals surface area contributed by atoms with E-state index < -0.39 is 5.41 Å². The molecule has 0 bridgehead atoms. The molecule has 1 aliphatic carbocycles. The third-order valence-electron chi connectivity index (χ3n) is 12.0. The highest BCUT2D eigenvalue weighted by atomic mass is 32.1. The van der Waals surface area contributed by atoms with Crippen molar-refractivity contribution in [3.63, 3.8) is 0 Å². The van der Waals surface area contributed by atoms with E-state index in [1.165, 1.54) is 75.5 Å². The quantitative estimate of drug-likeness (QED) is 0.169. The van der Waals surface area contributed by atoms with Crippen LogP contribution in [0, 0.1) is 0 Å². The summed E-state index contributed by atoms with van der Waals surface area (Å²) in [6.45, 7) is 0. The summed E-state index contributed by atoms with van der Waals surface area (Å²) in [5.41, 5.74) is 13.2. The molecular weight excluding hydrogens is 697 g/mol. The summed E-state index contributed by atoms with van der Waals surface area (Å²) in [7, 11) is 0. The van der Waals surface area contributed by atoms with Crippen LogP contribution in [0.15, 0.2) is 194 Å². The summed E-state index contributed by atoms with van der Waals surface area (Å²) < 4.78 is 2.64. The number of aromatic nitrogens is 2. The molecule has 12 rings (SSSR count). The van der Waals surface area contributed by atoms with Crippen molar-refractivity contribution in [1.82, 2.24) is 9.97 Å². The molecule has 0 unspecified atom stereocenters. The van der Waals surface area contributed by atoms with Crippen LogP contribution in [0.25, 0.3) is 86.3 Å². The molecule has 2 aromatic heterocycles. The number of thiophene rings is 1. The Kier molecular flexibility index (Phi) is 6.75. The molecule has 0 amide bonds. The van der Waals surface area contributed by atoms with E-state index in [1.807, 2.05) is 17.5 Å². The van der Waals surface area contributed by atoms with E-state index in [-0.39, 0.29) is 0 Å². The zero-order valence-electron chi connectivity index (χ0n) is 30.3. The summed E-state index contributed by atoms with van der Waals surface area (Å²) in [5, 5.41) is 7.27. The Morgan fingerprint density at radius 3 is 1.61 bits per heavy atom. The van der Waals surface area contributed by atoms with E-state index in [0.29, 0.717) is 0 Å². The molecule has 0 saturated carbocycles. The van der Waals surface area contributed by atoms with Gasteiger partial charge >= 0.3 is 0 Å². The van der Waals surface area contributed by atoms with Gasteiger partial charge in [-0.05, 0) is 73.5 Å². The number of rotatable bonds is 4. The van der Waals surface area contributed by atoms with Crippen LogP contribution >= 0.6 is 11.3 Å². The topological polar surface area (TPSA) is 25.8 Å². The number of benzene rings is 9. The van der Waals surface area contributed by atoms with Gasteiger partial charge in [0.1, 0.15) is 0 Å². The van der Waals surface area contributed by atoms with Crippen molar-refractivity contribution in [3.05, 3.63) is 217 Å². The van der Waals surface area contributed by atoms with Crippen LogP contribution in [0.1, 0.15) is 22.3 Å². The van der Waals surface area contributed by atoms with E-state index in [9.17, 15) is 0 Å². The number of nitrogens with zero attached hydrogens (tertiary/aromatic N) is 2. The van der Waals surface area contributed by atoms with Gasteiger partial charge in [-0.2, -0.15) is 0 Å². The maximum absolute atomic E-state index is 5.43. The van der Waals surface area contributed by atoms with Crippen molar-refractivity contribution in [2.24, 2.45) is 0 Å². The van der Waals surface area contributed by atoms with E-state index in [1.54, 1.807) is 0 Å². The Morgan fingerprint density at radius 2 is 0.929 bits per heavy atom. The monoisotopic (exact) mass is 728 g/mol. The lowest BCUT2D eigenvalue weighted by Crippen LogP contribution is -2.28. The molecule has 0 aliphatic heterocycles. The smallest absolute Gasteiger partial charge is 0.0979 e. The van der Waals surface area contributed by atoms with Crippen molar-refractivity contribution >= 4 is 64.1 Å². The zero-order chi connectivity index (χ0) is 36.8. The molecule has 2 nitrogen and oxygen atoms in total. The van der Waals surface area contributed by atoms with Crippen LogP contribution in [0.4, 0.5) is 0 Å². The second-order valence-electron chi connectivity index (χ2n) is 14.8. The van der Waals surface area contributed by atoms with Crippen molar-refractivity contribution in [2.75, 3.05) is 0 Å². The van der Waals surface area contributed by atoms with E-state index in [2.05, 4.69) is 188 Å². The van der Waals surface area contributed by atoms with Gasteiger partial charge in [-0.3, -0.25) is 4.98 Å². The minimum atomic E-state index is -0.569. The van der Waals surface area contributed by atoms with E-state index in [4.69, 9.17) is 9.97 Å². The van der Waals surface area contributed by atoms with Gasteiger partial charge < -0.3 is 0 Å². The lowest BCUT2D eigenvalue weighted by Gasteiger charge is -2.34. The highest BCUT2D eigenvalue weighted by Gasteiger charge is 2.46. The fourth-order valence-electron chi connectivity index (χ4n) is 9.55. The average molecular weight is 729 g/mol. The molecule has 260 valence electrons. The largest absolute Gasteiger partial charge is 0.252 e. The molecule has 0 radical (unpaired) electrons. The molecule has 0 saturated heterocycles. The van der Waals surface area contributed by atoms with Gasteiger partial charge in [0.15, 0.2) is 0 Å². The van der Waals surface area contributed by atoms with Crippen LogP contribution in [0.5, 0.6) is 0 Å². The second kappa shape index (κ2) is 12.0. The minimum absolute atomic E-state index is 0.569. The minimum Gasteiger partial charge on any atom is -0.252 e. The van der Waals surface area contributed by atoms with Gasteiger partial charge in [0.05, 0.1) is 28.3 Å². The summed E-state index contributed by atoms with van der Waals surface area (Å²) in [4.78, 5) is 10.6. The highest BCUT2D eigenvalue weighted by molar-refractivity contribution is 7.26. The third-order valence-corrected chi connectivity index (χ3v) is 13.2. The summed E-state index contributed by atoms with van der Waals surface area (Å²) in [6, 6.07) is 68.9. The predicted octanol–water partition coefficient (Wildman–Crippen LogP) is 14.0. The molecule has 0 N–H and O–H groups in total. The highest BCUT2D eigenvalue weighted by Crippen LogP contribution is 2.57. The molecule has 0 fully saturated rings. The second-order valence-corrected chi connectivity index (χ2v) is 15.9. The first kappa shape index (κ1) is 31.4. The molecule has 1 aliphatic rings. The van der Waals surface area contributed by atoms with Crippen molar-refractivity contribution in [1.29, 1.82) is 0 Å². The molecule has 0 spiro atoms. The number of fused-ring (bicyclic) bond motifs is 12. The maximum Gasteiger partial charge on any atom is 0.0979 e. The summed E-state index contributed by atoms with van der Waals surface area (Å²) in [6.07, 6.45) is 1.96. The van der Waals surface area contributed by atoms with Gasteiger partial charge in [0, 0.05) is 36.5 Å². The third kappa shape index (κ3) is 4.38. The zero-order valence-corrected chi connectivity index (χ0v) is 31.1. The van der Waals surface area contributed by atoms with E-state index >= 15 is 0 Å². The fourth-order valence-corrected chi connectivity index (χ4v) is 10.8. The first-order valence-corrected chi connectivity index (χ1v) is 20.0. The van der Waals surface area contributed by atoms with Gasteiger partial charge in [0.25, 0.3) is 0 Å². The van der Waals surface area contributed by atoms with Crippen molar-refractivity contribution < 1.29 is 0 Å². The molecule has 0 atom stereocenters. The van der Waals surface area contributed by atoms with Crippen LogP contribution in [-0.2, 0) is 5.41 Å².